The molecule has 2 aromatic carbocycles. The third-order valence-corrected chi connectivity index (χ3v) is 5.11. The van der Waals surface area contributed by atoms with Crippen LogP contribution in [0, 0.1) is 13.8 Å². The Hall–Kier alpha value is -3.38. The molecule has 0 aliphatic rings. The smallest absolute Gasteiger partial charge is 0.256 e. The van der Waals surface area contributed by atoms with Gasteiger partial charge in [0.05, 0.1) is 25.0 Å². The summed E-state index contributed by atoms with van der Waals surface area (Å²) in [6, 6.07) is 19.0. The zero-order valence-electron chi connectivity index (χ0n) is 16.8. The number of amides is 1. The minimum absolute atomic E-state index is 0.175. The molecule has 4 rings (SSSR count). The second kappa shape index (κ2) is 8.55. The number of nitrogens with one attached hydrogen (secondary N) is 1. The molecular weight excluding hydrogens is 398 g/mol. The summed E-state index contributed by atoms with van der Waals surface area (Å²) in [5, 5.41) is 12.4. The molecular formula is C23H22ClN5O. The molecule has 1 amide bonds. The Morgan fingerprint density at radius 3 is 2.20 bits per heavy atom. The lowest BCUT2D eigenvalue weighted by atomic mass is 10.1. The average Bonchev–Trinajstić information content (AvgIpc) is 3.29. The number of halogens is 1. The number of aryl methyl sites for hydroxylation is 2. The third-order valence-electron chi connectivity index (χ3n) is 4.86. The summed E-state index contributed by atoms with van der Waals surface area (Å²) in [6.07, 6.45) is 1.67. The van der Waals surface area contributed by atoms with Gasteiger partial charge in [-0.15, -0.1) is 0 Å². The highest BCUT2D eigenvalue weighted by Gasteiger charge is 2.11. The third kappa shape index (κ3) is 4.60. The van der Waals surface area contributed by atoms with E-state index in [1.807, 2.05) is 67.1 Å². The summed E-state index contributed by atoms with van der Waals surface area (Å²) in [7, 11) is 0. The lowest BCUT2D eigenvalue weighted by Gasteiger charge is -2.10. The molecule has 6 nitrogen and oxygen atoms in total. The second-order valence-electron chi connectivity index (χ2n) is 7.24. The lowest BCUT2D eigenvalue weighted by molar-refractivity contribution is 0.102. The maximum Gasteiger partial charge on any atom is 0.256 e. The van der Waals surface area contributed by atoms with Crippen LogP contribution in [0.25, 0.3) is 0 Å². The van der Waals surface area contributed by atoms with Crippen molar-refractivity contribution in [2.24, 2.45) is 0 Å². The highest BCUT2D eigenvalue weighted by molar-refractivity contribution is 6.30. The highest BCUT2D eigenvalue weighted by Crippen LogP contribution is 2.15. The Morgan fingerprint density at radius 2 is 1.57 bits per heavy atom. The monoisotopic (exact) mass is 419 g/mol. The van der Waals surface area contributed by atoms with E-state index >= 15 is 0 Å². The Kier molecular flexibility index (Phi) is 5.68. The summed E-state index contributed by atoms with van der Waals surface area (Å²) in [4.78, 5) is 12.7. The summed E-state index contributed by atoms with van der Waals surface area (Å²) in [6.45, 7) is 5.24. The molecule has 152 valence electrons. The molecule has 0 atom stereocenters. The van der Waals surface area contributed by atoms with Crippen molar-refractivity contribution >= 4 is 23.3 Å². The molecule has 0 saturated carbocycles. The van der Waals surface area contributed by atoms with Gasteiger partial charge < -0.3 is 5.32 Å². The molecule has 1 N–H and O–H groups in total. The molecule has 0 bridgehead atoms. The van der Waals surface area contributed by atoms with E-state index in [0.717, 1.165) is 22.5 Å². The van der Waals surface area contributed by atoms with Crippen LogP contribution in [0.2, 0.25) is 5.02 Å². The van der Waals surface area contributed by atoms with Crippen LogP contribution in [-0.4, -0.2) is 25.5 Å². The van der Waals surface area contributed by atoms with Gasteiger partial charge in [0, 0.05) is 22.3 Å². The minimum Gasteiger partial charge on any atom is -0.307 e. The first kappa shape index (κ1) is 19.9. The Bertz CT molecular complexity index is 1160. The van der Waals surface area contributed by atoms with Crippen molar-refractivity contribution in [2.75, 3.05) is 5.32 Å². The van der Waals surface area contributed by atoms with Crippen LogP contribution >= 0.6 is 11.6 Å². The molecule has 0 unspecified atom stereocenters. The van der Waals surface area contributed by atoms with Gasteiger partial charge in [-0.25, -0.2) is 4.68 Å². The van der Waals surface area contributed by atoms with Crippen molar-refractivity contribution in [3.63, 3.8) is 0 Å². The van der Waals surface area contributed by atoms with Crippen molar-refractivity contribution in [3.05, 3.63) is 100.0 Å². The molecule has 0 spiro atoms. The van der Waals surface area contributed by atoms with Gasteiger partial charge in [-0.1, -0.05) is 35.9 Å². The molecule has 0 fully saturated rings. The van der Waals surface area contributed by atoms with Crippen LogP contribution in [0.5, 0.6) is 0 Å². The van der Waals surface area contributed by atoms with Gasteiger partial charge in [-0.2, -0.15) is 10.2 Å². The number of hydrogen-bond donors (Lipinski definition) is 1. The second-order valence-corrected chi connectivity index (χ2v) is 7.67. The zero-order valence-corrected chi connectivity index (χ0v) is 17.6. The molecule has 0 aliphatic carbocycles. The summed E-state index contributed by atoms with van der Waals surface area (Å²) >= 11 is 5.94. The quantitative estimate of drug-likeness (QED) is 0.492. The van der Waals surface area contributed by atoms with Crippen LogP contribution in [0.4, 0.5) is 5.82 Å². The van der Waals surface area contributed by atoms with Gasteiger partial charge in [0.2, 0.25) is 0 Å². The Labute approximate surface area is 180 Å². The van der Waals surface area contributed by atoms with Gasteiger partial charge in [0.1, 0.15) is 5.82 Å². The van der Waals surface area contributed by atoms with E-state index in [9.17, 15) is 4.79 Å². The van der Waals surface area contributed by atoms with Crippen molar-refractivity contribution in [2.45, 2.75) is 26.9 Å². The Morgan fingerprint density at radius 1 is 0.933 bits per heavy atom. The largest absolute Gasteiger partial charge is 0.307 e. The standard InChI is InChI=1S/C23H22ClN5O/c1-16-13-17(2)28(27-16)14-18-3-7-20(8-4-18)23(30)26-22-11-12-25-29(22)15-19-5-9-21(24)10-6-19/h3-13H,14-15H2,1-2H3,(H,26,30). The van der Waals surface area contributed by atoms with E-state index in [1.165, 1.54) is 0 Å². The van der Waals surface area contributed by atoms with Crippen molar-refractivity contribution in [3.8, 4) is 0 Å². The summed E-state index contributed by atoms with van der Waals surface area (Å²) in [5.74, 6) is 0.465. The molecule has 0 radical (unpaired) electrons. The number of hydrogen-bond acceptors (Lipinski definition) is 3. The fraction of sp³-hybridized carbons (Fsp3) is 0.174. The highest BCUT2D eigenvalue weighted by atomic mass is 35.5. The van der Waals surface area contributed by atoms with Crippen molar-refractivity contribution in [1.82, 2.24) is 19.6 Å². The first-order valence-corrected chi connectivity index (χ1v) is 10.0. The molecule has 0 saturated heterocycles. The first-order chi connectivity index (χ1) is 14.5. The number of aromatic nitrogens is 4. The minimum atomic E-state index is -0.175. The Balaban J connectivity index is 1.42. The number of carbonyl (C=O) groups excluding carboxylic acids is 1. The maximum absolute atomic E-state index is 12.7. The maximum atomic E-state index is 12.7. The van der Waals surface area contributed by atoms with E-state index < -0.39 is 0 Å². The predicted molar refractivity (Wildman–Crippen MR) is 118 cm³/mol. The number of rotatable bonds is 6. The van der Waals surface area contributed by atoms with Gasteiger partial charge in [0.15, 0.2) is 0 Å². The fourth-order valence-corrected chi connectivity index (χ4v) is 3.41. The van der Waals surface area contributed by atoms with E-state index in [1.54, 1.807) is 16.9 Å². The van der Waals surface area contributed by atoms with Crippen molar-refractivity contribution < 1.29 is 4.79 Å². The van der Waals surface area contributed by atoms with E-state index in [2.05, 4.69) is 21.6 Å². The van der Waals surface area contributed by atoms with Gasteiger partial charge in [-0.3, -0.25) is 9.48 Å². The first-order valence-electron chi connectivity index (χ1n) is 9.65. The fourth-order valence-electron chi connectivity index (χ4n) is 3.29. The number of anilines is 1. The van der Waals surface area contributed by atoms with Crippen molar-refractivity contribution in [1.29, 1.82) is 0 Å². The van der Waals surface area contributed by atoms with Crippen LogP contribution in [0.1, 0.15) is 32.9 Å². The SMILES string of the molecule is Cc1cc(C)n(Cc2ccc(C(=O)Nc3ccnn3Cc3ccc(Cl)cc3)cc2)n1. The molecule has 2 heterocycles. The van der Waals surface area contributed by atoms with E-state index in [-0.39, 0.29) is 5.91 Å². The molecule has 2 aromatic heterocycles. The van der Waals surface area contributed by atoms with Gasteiger partial charge >= 0.3 is 0 Å². The molecule has 0 aliphatic heterocycles. The van der Waals surface area contributed by atoms with Crippen LogP contribution < -0.4 is 5.32 Å². The van der Waals surface area contributed by atoms with Gasteiger partial charge in [-0.05, 0) is 55.3 Å². The number of benzene rings is 2. The lowest BCUT2D eigenvalue weighted by Crippen LogP contribution is -2.16. The molecule has 4 aromatic rings. The topological polar surface area (TPSA) is 64.7 Å². The van der Waals surface area contributed by atoms with Crippen LogP contribution in [-0.2, 0) is 13.1 Å². The molecule has 7 heteroatoms. The normalized spacial score (nSPS) is 10.9. The number of nitrogens with zero attached hydrogens (tertiary/aromatic N) is 4. The summed E-state index contributed by atoms with van der Waals surface area (Å²) < 4.78 is 3.71. The van der Waals surface area contributed by atoms with Crippen LogP contribution in [0.3, 0.4) is 0 Å². The van der Waals surface area contributed by atoms with Gasteiger partial charge in [0.25, 0.3) is 5.91 Å². The average molecular weight is 420 g/mol. The van der Waals surface area contributed by atoms with Crippen LogP contribution in [0.15, 0.2) is 66.9 Å². The summed E-state index contributed by atoms with van der Waals surface area (Å²) in [5.41, 5.74) is 4.84. The molecule has 30 heavy (non-hydrogen) atoms. The van der Waals surface area contributed by atoms with E-state index in [0.29, 0.717) is 29.5 Å². The number of carbonyl (C=O) groups is 1. The zero-order chi connectivity index (χ0) is 21.1. The predicted octanol–water partition coefficient (Wildman–Crippen LogP) is 4.70. The van der Waals surface area contributed by atoms with E-state index in [4.69, 9.17) is 11.6 Å².